The molecule has 0 aromatic rings. The Hall–Kier alpha value is 0.660. The van der Waals surface area contributed by atoms with E-state index in [4.69, 9.17) is 5.73 Å². The van der Waals surface area contributed by atoms with Crippen LogP contribution in [0.15, 0.2) is 0 Å². The molecule has 0 amide bonds. The number of nitrogens with two attached hydrogens (primary N) is 1. The summed E-state index contributed by atoms with van der Waals surface area (Å²) in [7, 11) is 3.60. The molecule has 0 saturated carbocycles. The highest BCUT2D eigenvalue weighted by Crippen LogP contribution is 2.32. The largest absolute Gasteiger partial charge is 0.329 e. The summed E-state index contributed by atoms with van der Waals surface area (Å²) in [5, 5.41) is 0. The predicted octanol–water partition coefficient (Wildman–Crippen LogP) is 1.73. The molecule has 0 fully saturated rings. The number of hydrogen-bond donors (Lipinski definition) is 1. The van der Waals surface area contributed by atoms with E-state index in [1.807, 2.05) is 10.8 Å². The molecular formula is C5H13NS2. The van der Waals surface area contributed by atoms with Crippen molar-refractivity contribution in [2.45, 2.75) is 18.6 Å². The van der Waals surface area contributed by atoms with Crippen LogP contribution in [0.25, 0.3) is 0 Å². The van der Waals surface area contributed by atoms with Crippen molar-refractivity contribution in [1.82, 2.24) is 0 Å². The third-order valence-corrected chi connectivity index (χ3v) is 3.44. The highest BCUT2D eigenvalue weighted by molar-refractivity contribution is 8.76. The van der Waals surface area contributed by atoms with Crippen LogP contribution in [0.1, 0.15) is 13.8 Å². The average Bonchev–Trinajstić information content (AvgIpc) is 1.67. The van der Waals surface area contributed by atoms with Crippen molar-refractivity contribution in [3.63, 3.8) is 0 Å². The van der Waals surface area contributed by atoms with Gasteiger partial charge >= 0.3 is 0 Å². The Morgan fingerprint density at radius 1 is 1.50 bits per heavy atom. The van der Waals surface area contributed by atoms with Crippen LogP contribution in [0.3, 0.4) is 0 Å². The van der Waals surface area contributed by atoms with Crippen LogP contribution >= 0.6 is 21.6 Å². The van der Waals surface area contributed by atoms with E-state index in [0.29, 0.717) is 0 Å². The van der Waals surface area contributed by atoms with E-state index in [1.165, 1.54) is 0 Å². The molecule has 0 spiro atoms. The van der Waals surface area contributed by atoms with Gasteiger partial charge in [-0.15, -0.1) is 0 Å². The van der Waals surface area contributed by atoms with Crippen LogP contribution in [-0.2, 0) is 0 Å². The van der Waals surface area contributed by atoms with Crippen molar-refractivity contribution in [1.29, 1.82) is 0 Å². The lowest BCUT2D eigenvalue weighted by atomic mass is 10.2. The van der Waals surface area contributed by atoms with E-state index >= 15 is 0 Å². The fourth-order valence-corrected chi connectivity index (χ4v) is 2.34. The molecule has 0 bridgehead atoms. The molecule has 8 heavy (non-hydrogen) atoms. The molecule has 0 saturated heterocycles. The SMILES string of the molecule is CSSC(C)(C)CN. The Bertz CT molecular complexity index is 63.4. The summed E-state index contributed by atoms with van der Waals surface area (Å²) in [6.45, 7) is 5.04. The molecule has 2 N–H and O–H groups in total. The Morgan fingerprint density at radius 3 is 2.12 bits per heavy atom. The van der Waals surface area contributed by atoms with Gasteiger partial charge in [0.15, 0.2) is 0 Å². The summed E-state index contributed by atoms with van der Waals surface area (Å²) in [4.78, 5) is 0. The molecular weight excluding hydrogens is 138 g/mol. The predicted molar refractivity (Wildman–Crippen MR) is 44.2 cm³/mol. The molecule has 0 atom stereocenters. The van der Waals surface area contributed by atoms with Crippen LogP contribution in [0.2, 0.25) is 0 Å². The number of rotatable bonds is 3. The van der Waals surface area contributed by atoms with Crippen LogP contribution in [-0.4, -0.2) is 17.5 Å². The first-order valence-corrected chi connectivity index (χ1v) is 5.10. The standard InChI is InChI=1S/C5H13NS2/c1-5(2,4-6)8-7-3/h4,6H2,1-3H3. The quantitative estimate of drug-likeness (QED) is 0.622. The Labute approximate surface area is 59.2 Å². The summed E-state index contributed by atoms with van der Waals surface area (Å²) < 4.78 is 0.249. The van der Waals surface area contributed by atoms with E-state index in [0.717, 1.165) is 6.54 Å². The molecule has 0 aliphatic heterocycles. The van der Waals surface area contributed by atoms with Gasteiger partial charge in [0.1, 0.15) is 0 Å². The first-order valence-electron chi connectivity index (χ1n) is 2.54. The van der Waals surface area contributed by atoms with E-state index in [1.54, 1.807) is 10.8 Å². The highest BCUT2D eigenvalue weighted by atomic mass is 33.1. The van der Waals surface area contributed by atoms with Gasteiger partial charge in [0.05, 0.1) is 0 Å². The minimum atomic E-state index is 0.249. The third kappa shape index (κ3) is 3.64. The molecule has 0 unspecified atom stereocenters. The zero-order valence-electron chi connectivity index (χ0n) is 5.60. The van der Waals surface area contributed by atoms with Crippen LogP contribution < -0.4 is 5.73 Å². The minimum absolute atomic E-state index is 0.249. The lowest BCUT2D eigenvalue weighted by Crippen LogP contribution is -2.25. The van der Waals surface area contributed by atoms with Crippen molar-refractivity contribution in [2.75, 3.05) is 12.8 Å². The maximum atomic E-state index is 5.46. The van der Waals surface area contributed by atoms with Gasteiger partial charge in [-0.1, -0.05) is 21.6 Å². The molecule has 0 aliphatic carbocycles. The Balaban J connectivity index is 3.37. The third-order valence-electron chi connectivity index (χ3n) is 0.801. The lowest BCUT2D eigenvalue weighted by Gasteiger charge is -2.18. The van der Waals surface area contributed by atoms with Gasteiger partial charge in [-0.3, -0.25) is 0 Å². The van der Waals surface area contributed by atoms with Gasteiger partial charge in [0.25, 0.3) is 0 Å². The molecule has 3 heteroatoms. The first kappa shape index (κ1) is 8.66. The zero-order valence-corrected chi connectivity index (χ0v) is 7.23. The van der Waals surface area contributed by atoms with E-state index in [-0.39, 0.29) is 4.75 Å². The van der Waals surface area contributed by atoms with Crippen molar-refractivity contribution >= 4 is 21.6 Å². The molecule has 0 heterocycles. The second-order valence-corrected chi connectivity index (χ2v) is 5.32. The molecule has 0 aliphatic rings. The Kier molecular flexibility index (Phi) is 3.94. The zero-order chi connectivity index (χ0) is 6.62. The van der Waals surface area contributed by atoms with Gasteiger partial charge in [0, 0.05) is 11.3 Å². The molecule has 0 radical (unpaired) electrons. The van der Waals surface area contributed by atoms with Gasteiger partial charge < -0.3 is 5.73 Å². The number of hydrogen-bond acceptors (Lipinski definition) is 3. The van der Waals surface area contributed by atoms with Gasteiger partial charge in [-0.25, -0.2) is 0 Å². The van der Waals surface area contributed by atoms with Gasteiger partial charge in [-0.2, -0.15) is 0 Å². The van der Waals surface area contributed by atoms with Crippen LogP contribution in [0.5, 0.6) is 0 Å². The van der Waals surface area contributed by atoms with Crippen molar-refractivity contribution in [3.05, 3.63) is 0 Å². The topological polar surface area (TPSA) is 26.0 Å². The summed E-state index contributed by atoms with van der Waals surface area (Å²) in [5.74, 6) is 0. The average molecular weight is 151 g/mol. The van der Waals surface area contributed by atoms with Gasteiger partial charge in [-0.05, 0) is 20.1 Å². The molecule has 1 nitrogen and oxygen atoms in total. The van der Waals surface area contributed by atoms with Crippen molar-refractivity contribution in [2.24, 2.45) is 5.73 Å². The van der Waals surface area contributed by atoms with Crippen molar-refractivity contribution < 1.29 is 0 Å². The summed E-state index contributed by atoms with van der Waals surface area (Å²) in [5.41, 5.74) is 5.46. The first-order chi connectivity index (χ1) is 3.62. The molecule has 50 valence electrons. The monoisotopic (exact) mass is 151 g/mol. The maximum absolute atomic E-state index is 5.46. The Morgan fingerprint density at radius 2 is 2.00 bits per heavy atom. The van der Waals surface area contributed by atoms with E-state index < -0.39 is 0 Å². The smallest absolute Gasteiger partial charge is 0.0329 e. The summed E-state index contributed by atoms with van der Waals surface area (Å²) in [6, 6.07) is 0. The molecule has 0 aromatic heterocycles. The minimum Gasteiger partial charge on any atom is -0.329 e. The normalized spacial score (nSPS) is 12.0. The second kappa shape index (κ2) is 3.64. The maximum Gasteiger partial charge on any atom is 0.0329 e. The summed E-state index contributed by atoms with van der Waals surface area (Å²) in [6.07, 6.45) is 2.07. The molecule has 0 aromatic carbocycles. The van der Waals surface area contributed by atoms with Crippen LogP contribution in [0, 0.1) is 0 Å². The van der Waals surface area contributed by atoms with Gasteiger partial charge in [0.2, 0.25) is 0 Å². The fraction of sp³-hybridized carbons (Fsp3) is 1.00. The van der Waals surface area contributed by atoms with Crippen LogP contribution in [0.4, 0.5) is 0 Å². The van der Waals surface area contributed by atoms with Crippen molar-refractivity contribution in [3.8, 4) is 0 Å². The van der Waals surface area contributed by atoms with E-state index in [2.05, 4.69) is 20.1 Å². The second-order valence-electron chi connectivity index (χ2n) is 2.21. The lowest BCUT2D eigenvalue weighted by molar-refractivity contribution is 0.729. The summed E-state index contributed by atoms with van der Waals surface area (Å²) >= 11 is 0. The van der Waals surface area contributed by atoms with E-state index in [9.17, 15) is 0 Å². The fourth-order valence-electron chi connectivity index (χ4n) is 0.260. The molecule has 0 rings (SSSR count). The highest BCUT2D eigenvalue weighted by Gasteiger charge is 2.14.